The number of aromatic nitrogens is 1. The number of hydrogen-bond acceptors (Lipinski definition) is 9. The van der Waals surface area contributed by atoms with Gasteiger partial charge in [-0.15, -0.1) is 0 Å². The Morgan fingerprint density at radius 3 is 2.52 bits per heavy atom. The van der Waals surface area contributed by atoms with Gasteiger partial charge in [0.25, 0.3) is 0 Å². The lowest BCUT2D eigenvalue weighted by atomic mass is 10.1. The zero-order valence-corrected chi connectivity index (χ0v) is 24.4. The largest absolute Gasteiger partial charge is 0.506 e. The van der Waals surface area contributed by atoms with Crippen LogP contribution in [-0.4, -0.2) is 81.2 Å². The van der Waals surface area contributed by atoms with Gasteiger partial charge < -0.3 is 30.0 Å². The Balaban J connectivity index is 0.000000873. The number of rotatable bonds is 12. The van der Waals surface area contributed by atoms with Gasteiger partial charge in [0, 0.05) is 76.5 Å². The quantitative estimate of drug-likeness (QED) is 0.189. The van der Waals surface area contributed by atoms with E-state index in [1.165, 1.54) is 55.4 Å². The summed E-state index contributed by atoms with van der Waals surface area (Å²) >= 11 is 5.89. The molecule has 0 radical (unpaired) electrons. The van der Waals surface area contributed by atoms with Gasteiger partial charge in [0.05, 0.1) is 40.7 Å². The molecule has 224 valence electrons. The fourth-order valence-corrected chi connectivity index (χ4v) is 4.17. The molecule has 2 heterocycles. The third-order valence-corrected chi connectivity index (χ3v) is 6.53. The van der Waals surface area contributed by atoms with Gasteiger partial charge in [-0.3, -0.25) is 14.7 Å². The summed E-state index contributed by atoms with van der Waals surface area (Å²) in [6, 6.07) is 9.03. The molecular formula is C30H35ClFN5O5. The number of aromatic hydroxyl groups is 1. The van der Waals surface area contributed by atoms with Gasteiger partial charge in [-0.2, -0.15) is 5.26 Å². The maximum absolute atomic E-state index is 13.6. The number of phenolic OH excluding ortho intramolecular Hbond substituents is 1. The molecule has 0 unspecified atom stereocenters. The topological polar surface area (TPSA) is 129 Å². The van der Waals surface area contributed by atoms with E-state index in [-0.39, 0.29) is 22.0 Å². The van der Waals surface area contributed by atoms with Crippen molar-refractivity contribution in [2.75, 3.05) is 70.9 Å². The molecule has 0 saturated carbocycles. The van der Waals surface area contributed by atoms with Crippen LogP contribution in [-0.2, 0) is 19.0 Å². The molecule has 0 bridgehead atoms. The molecule has 4 rings (SSSR count). The van der Waals surface area contributed by atoms with Gasteiger partial charge in [0.1, 0.15) is 17.6 Å². The van der Waals surface area contributed by atoms with E-state index in [0.717, 1.165) is 13.2 Å². The Morgan fingerprint density at radius 2 is 1.93 bits per heavy atom. The molecule has 1 aliphatic rings. The second-order valence-electron chi connectivity index (χ2n) is 9.30. The predicted octanol–water partition coefficient (Wildman–Crippen LogP) is 5.23. The average Bonchev–Trinajstić information content (AvgIpc) is 3.57. The standard InChI is InChI=1S/C26H27ClFN5O4.C4H8O/c1-36-10-8-33(9-11-37-2)7-3-4-25(35)32-23-13-19-22(14-24(23)34)30-16-17(15-29)26(19)31-18-5-6-21(28)20(27)12-18;1-2-4-5-3-1/h3-6,12-14,16,34H,7-11H2,1-2H3,(H,30,31)(H,32,35);1-4H2/b4-3+;. The van der Waals surface area contributed by atoms with Crippen LogP contribution in [0.1, 0.15) is 18.4 Å². The first-order chi connectivity index (χ1) is 20.4. The number of nitriles is 1. The van der Waals surface area contributed by atoms with Crippen molar-refractivity contribution in [2.24, 2.45) is 0 Å². The number of benzene rings is 2. The van der Waals surface area contributed by atoms with Crippen molar-refractivity contribution >= 4 is 45.5 Å². The number of phenols is 1. The van der Waals surface area contributed by atoms with Crippen LogP contribution in [0.25, 0.3) is 10.9 Å². The van der Waals surface area contributed by atoms with Crippen molar-refractivity contribution in [1.29, 1.82) is 5.26 Å². The molecular weight excluding hydrogens is 565 g/mol. The van der Waals surface area contributed by atoms with E-state index in [2.05, 4.69) is 26.6 Å². The van der Waals surface area contributed by atoms with Gasteiger partial charge >= 0.3 is 0 Å². The Hall–Kier alpha value is -3.79. The highest BCUT2D eigenvalue weighted by molar-refractivity contribution is 6.31. The number of ether oxygens (including phenoxy) is 3. The molecule has 1 saturated heterocycles. The Labute approximate surface area is 249 Å². The molecule has 1 amide bonds. The molecule has 3 aromatic rings. The maximum Gasteiger partial charge on any atom is 0.248 e. The van der Waals surface area contributed by atoms with E-state index in [9.17, 15) is 19.6 Å². The van der Waals surface area contributed by atoms with Crippen LogP contribution >= 0.6 is 11.6 Å². The van der Waals surface area contributed by atoms with Crippen molar-refractivity contribution in [3.8, 4) is 11.8 Å². The minimum absolute atomic E-state index is 0.0812. The number of nitrogens with zero attached hydrogens (tertiary/aromatic N) is 3. The van der Waals surface area contributed by atoms with Gasteiger partial charge in [-0.25, -0.2) is 4.39 Å². The fraction of sp³-hybridized carbons (Fsp3) is 0.367. The monoisotopic (exact) mass is 599 g/mol. The van der Waals surface area contributed by atoms with E-state index in [4.69, 9.17) is 25.8 Å². The number of carbonyl (C=O) groups excluding carboxylic acids is 1. The normalized spacial score (nSPS) is 12.8. The van der Waals surface area contributed by atoms with E-state index in [0.29, 0.717) is 55.1 Å². The van der Waals surface area contributed by atoms with Gasteiger partial charge in [0.2, 0.25) is 5.91 Å². The lowest BCUT2D eigenvalue weighted by Gasteiger charge is -2.19. The maximum atomic E-state index is 13.6. The number of pyridine rings is 1. The molecule has 0 spiro atoms. The molecule has 42 heavy (non-hydrogen) atoms. The summed E-state index contributed by atoms with van der Waals surface area (Å²) in [5.74, 6) is -1.21. The number of nitrogens with one attached hydrogen (secondary N) is 2. The minimum Gasteiger partial charge on any atom is -0.506 e. The lowest BCUT2D eigenvalue weighted by molar-refractivity contribution is -0.111. The number of fused-ring (bicyclic) bond motifs is 1. The van der Waals surface area contributed by atoms with Crippen LogP contribution in [0, 0.1) is 17.1 Å². The van der Waals surface area contributed by atoms with Gasteiger partial charge in [-0.1, -0.05) is 17.7 Å². The average molecular weight is 600 g/mol. The highest BCUT2D eigenvalue weighted by Gasteiger charge is 2.15. The number of methoxy groups -OCH3 is 2. The highest BCUT2D eigenvalue weighted by atomic mass is 35.5. The Kier molecular flexibility index (Phi) is 13.4. The van der Waals surface area contributed by atoms with Crippen LogP contribution in [0.3, 0.4) is 0 Å². The summed E-state index contributed by atoms with van der Waals surface area (Å²) in [5.41, 5.74) is 1.54. The molecule has 0 atom stereocenters. The zero-order chi connectivity index (χ0) is 30.3. The highest BCUT2D eigenvalue weighted by Crippen LogP contribution is 2.35. The molecule has 12 heteroatoms. The van der Waals surface area contributed by atoms with Crippen LogP contribution < -0.4 is 10.6 Å². The molecule has 10 nitrogen and oxygen atoms in total. The van der Waals surface area contributed by atoms with Crippen LogP contribution in [0.15, 0.2) is 48.7 Å². The third kappa shape index (κ3) is 9.94. The fourth-order valence-electron chi connectivity index (χ4n) is 3.99. The number of amides is 1. The summed E-state index contributed by atoms with van der Waals surface area (Å²) < 4.78 is 28.8. The van der Waals surface area contributed by atoms with Crippen LogP contribution in [0.2, 0.25) is 5.02 Å². The van der Waals surface area contributed by atoms with E-state index in [1.54, 1.807) is 20.3 Å². The van der Waals surface area contributed by atoms with E-state index in [1.807, 2.05) is 0 Å². The van der Waals surface area contributed by atoms with Crippen LogP contribution in [0.4, 0.5) is 21.5 Å². The molecule has 3 N–H and O–H groups in total. The molecule has 1 fully saturated rings. The Morgan fingerprint density at radius 1 is 1.21 bits per heavy atom. The molecule has 0 aliphatic carbocycles. The zero-order valence-electron chi connectivity index (χ0n) is 23.7. The smallest absolute Gasteiger partial charge is 0.248 e. The summed E-state index contributed by atoms with van der Waals surface area (Å²) in [7, 11) is 3.25. The number of carbonyl (C=O) groups is 1. The van der Waals surface area contributed by atoms with E-state index < -0.39 is 11.7 Å². The summed E-state index contributed by atoms with van der Waals surface area (Å²) in [6.07, 6.45) is 6.99. The number of hydrogen-bond donors (Lipinski definition) is 3. The summed E-state index contributed by atoms with van der Waals surface area (Å²) in [4.78, 5) is 18.9. The second-order valence-corrected chi connectivity index (χ2v) is 9.70. The Bertz CT molecular complexity index is 1400. The molecule has 1 aromatic heterocycles. The summed E-state index contributed by atoms with van der Waals surface area (Å²) in [6.45, 7) is 4.97. The van der Waals surface area contributed by atoms with E-state index >= 15 is 0 Å². The summed E-state index contributed by atoms with van der Waals surface area (Å²) in [5, 5.41) is 26.2. The number of halogens is 2. The van der Waals surface area contributed by atoms with Gasteiger partial charge in [-0.05, 0) is 37.1 Å². The third-order valence-electron chi connectivity index (χ3n) is 6.24. The van der Waals surface area contributed by atoms with Crippen molar-refractivity contribution in [1.82, 2.24) is 9.88 Å². The molecule has 2 aromatic carbocycles. The van der Waals surface area contributed by atoms with Crippen molar-refractivity contribution in [2.45, 2.75) is 12.8 Å². The first kappa shape index (κ1) is 32.7. The predicted molar refractivity (Wildman–Crippen MR) is 161 cm³/mol. The first-order valence-corrected chi connectivity index (χ1v) is 13.8. The van der Waals surface area contributed by atoms with Gasteiger partial charge in [0.15, 0.2) is 0 Å². The lowest BCUT2D eigenvalue weighted by Crippen LogP contribution is -2.31. The molecule has 1 aliphatic heterocycles. The van der Waals surface area contributed by atoms with Crippen molar-refractivity contribution < 1.29 is 28.5 Å². The van der Waals surface area contributed by atoms with Crippen LogP contribution in [0.5, 0.6) is 5.75 Å². The first-order valence-electron chi connectivity index (χ1n) is 13.4. The van der Waals surface area contributed by atoms with Crippen molar-refractivity contribution in [3.05, 3.63) is 65.1 Å². The van der Waals surface area contributed by atoms with Crippen molar-refractivity contribution in [3.63, 3.8) is 0 Å². The number of anilines is 3. The minimum atomic E-state index is -0.573. The second kappa shape index (κ2) is 17.2. The SMILES string of the molecule is C1CCOC1.COCCN(C/C=C/C(=O)Nc1cc2c(Nc3ccc(F)c(Cl)c3)c(C#N)cnc2cc1O)CCOC.